The molecule has 4 heteroatoms. The van der Waals surface area contributed by atoms with Crippen LogP contribution in [0.1, 0.15) is 65.1 Å². The second-order valence-electron chi connectivity index (χ2n) is 4.65. The molecule has 0 aromatic carbocycles. The molecule has 3 nitrogen and oxygen atoms in total. The lowest BCUT2D eigenvalue weighted by Gasteiger charge is -2.11. The van der Waals surface area contributed by atoms with E-state index < -0.39 is 0 Å². The molecule has 0 aliphatic heterocycles. The Morgan fingerprint density at radius 3 is 2.56 bits per heavy atom. The van der Waals surface area contributed by atoms with Gasteiger partial charge in [0.25, 0.3) is 0 Å². The first-order valence-electron chi connectivity index (χ1n) is 6.23. The van der Waals surface area contributed by atoms with Gasteiger partial charge in [0.1, 0.15) is 5.82 Å². The zero-order valence-electron chi connectivity index (χ0n) is 10.8. The van der Waals surface area contributed by atoms with Crippen LogP contribution in [-0.2, 0) is 0 Å². The fraction of sp³-hybridized carbons (Fsp3) is 0.833. The van der Waals surface area contributed by atoms with Crippen molar-refractivity contribution < 1.29 is 0 Å². The maximum absolute atomic E-state index is 4.47. The van der Waals surface area contributed by atoms with Crippen LogP contribution in [0.2, 0.25) is 0 Å². The number of aromatic nitrogens is 2. The topological polar surface area (TPSA) is 37.8 Å². The summed E-state index contributed by atoms with van der Waals surface area (Å²) in [6.45, 7) is 8.69. The third-order valence-corrected chi connectivity index (χ3v) is 3.23. The van der Waals surface area contributed by atoms with Crippen LogP contribution in [0.5, 0.6) is 0 Å². The number of hydrogen-bond acceptors (Lipinski definition) is 4. The summed E-state index contributed by atoms with van der Waals surface area (Å²) in [5.74, 6) is 1.37. The van der Waals surface area contributed by atoms with Crippen molar-refractivity contribution in [2.24, 2.45) is 0 Å². The van der Waals surface area contributed by atoms with E-state index in [4.69, 9.17) is 0 Å². The van der Waals surface area contributed by atoms with Gasteiger partial charge in [-0.1, -0.05) is 40.0 Å². The maximum atomic E-state index is 4.47. The van der Waals surface area contributed by atoms with E-state index in [0.29, 0.717) is 12.0 Å². The van der Waals surface area contributed by atoms with Gasteiger partial charge in [-0.15, -0.1) is 0 Å². The standard InChI is InChI=1S/C12H23N3S/c1-5-6-7-8-10(4)13-12-14-11(9(2)3)15-16-12/h9-10H,5-8H2,1-4H3,(H,13,14,15). The van der Waals surface area contributed by atoms with E-state index in [1.54, 1.807) is 0 Å². The SMILES string of the molecule is CCCCCC(C)Nc1nc(C(C)C)ns1. The van der Waals surface area contributed by atoms with Crippen LogP contribution >= 0.6 is 11.5 Å². The van der Waals surface area contributed by atoms with Gasteiger partial charge in [0.05, 0.1) is 0 Å². The van der Waals surface area contributed by atoms with Crippen LogP contribution in [0.4, 0.5) is 5.13 Å². The summed E-state index contributed by atoms with van der Waals surface area (Å²) in [5.41, 5.74) is 0. The van der Waals surface area contributed by atoms with Crippen molar-refractivity contribution >= 4 is 16.7 Å². The minimum absolute atomic E-state index is 0.419. The van der Waals surface area contributed by atoms with E-state index in [2.05, 4.69) is 42.4 Å². The molecular formula is C12H23N3S. The number of nitrogens with one attached hydrogen (secondary N) is 1. The van der Waals surface area contributed by atoms with Crippen LogP contribution in [0.25, 0.3) is 0 Å². The van der Waals surface area contributed by atoms with Crippen LogP contribution in [0.15, 0.2) is 0 Å². The molecule has 0 spiro atoms. The van der Waals surface area contributed by atoms with Gasteiger partial charge in [0, 0.05) is 23.5 Å². The molecule has 16 heavy (non-hydrogen) atoms. The Morgan fingerprint density at radius 2 is 2.00 bits per heavy atom. The quantitative estimate of drug-likeness (QED) is 0.732. The first-order chi connectivity index (χ1) is 7.63. The van der Waals surface area contributed by atoms with E-state index in [1.165, 1.54) is 37.2 Å². The molecule has 1 heterocycles. The molecule has 0 saturated heterocycles. The molecule has 1 rings (SSSR count). The molecule has 92 valence electrons. The molecule has 0 saturated carbocycles. The average molecular weight is 241 g/mol. The number of rotatable bonds is 7. The Labute approximate surface area is 103 Å². The number of anilines is 1. The van der Waals surface area contributed by atoms with Crippen LogP contribution in [0, 0.1) is 0 Å². The molecular weight excluding hydrogens is 218 g/mol. The van der Waals surface area contributed by atoms with Crippen molar-refractivity contribution in [1.29, 1.82) is 0 Å². The van der Waals surface area contributed by atoms with E-state index in [0.717, 1.165) is 11.0 Å². The Morgan fingerprint density at radius 1 is 1.25 bits per heavy atom. The monoisotopic (exact) mass is 241 g/mol. The Balaban J connectivity index is 2.34. The van der Waals surface area contributed by atoms with E-state index in [9.17, 15) is 0 Å². The van der Waals surface area contributed by atoms with Gasteiger partial charge in [-0.3, -0.25) is 0 Å². The van der Waals surface area contributed by atoms with Gasteiger partial charge in [0.2, 0.25) is 5.13 Å². The van der Waals surface area contributed by atoms with E-state index >= 15 is 0 Å². The predicted molar refractivity (Wildman–Crippen MR) is 71.2 cm³/mol. The minimum Gasteiger partial charge on any atom is -0.358 e. The third-order valence-electron chi connectivity index (χ3n) is 2.57. The molecule has 0 aliphatic rings. The highest BCUT2D eigenvalue weighted by Crippen LogP contribution is 2.18. The van der Waals surface area contributed by atoms with E-state index in [-0.39, 0.29) is 0 Å². The molecule has 0 amide bonds. The number of nitrogens with zero attached hydrogens (tertiary/aromatic N) is 2. The normalized spacial score (nSPS) is 13.1. The number of unbranched alkanes of at least 4 members (excludes halogenated alkanes) is 2. The summed E-state index contributed by atoms with van der Waals surface area (Å²) < 4.78 is 4.33. The molecule has 1 N–H and O–H groups in total. The molecule has 1 aromatic heterocycles. The van der Waals surface area contributed by atoms with Gasteiger partial charge in [-0.2, -0.15) is 4.37 Å². The highest BCUT2D eigenvalue weighted by molar-refractivity contribution is 7.09. The molecule has 0 fully saturated rings. The van der Waals surface area contributed by atoms with Crippen LogP contribution in [-0.4, -0.2) is 15.4 Å². The Bertz CT molecular complexity index is 296. The lowest BCUT2D eigenvalue weighted by molar-refractivity contribution is 0.614. The molecule has 1 atom stereocenters. The van der Waals surface area contributed by atoms with Gasteiger partial charge in [-0.25, -0.2) is 4.98 Å². The molecule has 1 unspecified atom stereocenters. The molecule has 0 bridgehead atoms. The number of hydrogen-bond donors (Lipinski definition) is 1. The first kappa shape index (κ1) is 13.4. The summed E-state index contributed by atoms with van der Waals surface area (Å²) in [4.78, 5) is 4.47. The Hall–Kier alpha value is -0.640. The average Bonchev–Trinajstić information content (AvgIpc) is 2.66. The minimum atomic E-state index is 0.419. The predicted octanol–water partition coefficient (Wildman–Crippen LogP) is 4.04. The lowest BCUT2D eigenvalue weighted by atomic mass is 10.1. The maximum Gasteiger partial charge on any atom is 0.202 e. The van der Waals surface area contributed by atoms with Crippen molar-refractivity contribution in [1.82, 2.24) is 9.36 Å². The van der Waals surface area contributed by atoms with Crippen LogP contribution < -0.4 is 5.32 Å². The molecule has 1 aromatic rings. The van der Waals surface area contributed by atoms with Gasteiger partial charge < -0.3 is 5.32 Å². The third kappa shape index (κ3) is 4.47. The zero-order chi connectivity index (χ0) is 12.0. The summed E-state index contributed by atoms with van der Waals surface area (Å²) >= 11 is 1.47. The molecule has 0 aliphatic carbocycles. The summed E-state index contributed by atoms with van der Waals surface area (Å²) in [5, 5.41) is 4.39. The second-order valence-corrected chi connectivity index (χ2v) is 5.41. The van der Waals surface area contributed by atoms with Crippen molar-refractivity contribution in [3.05, 3.63) is 5.82 Å². The van der Waals surface area contributed by atoms with Crippen molar-refractivity contribution in [3.63, 3.8) is 0 Å². The van der Waals surface area contributed by atoms with Crippen molar-refractivity contribution in [2.75, 3.05) is 5.32 Å². The van der Waals surface area contributed by atoms with Gasteiger partial charge in [0.15, 0.2) is 0 Å². The molecule has 0 radical (unpaired) electrons. The van der Waals surface area contributed by atoms with Gasteiger partial charge >= 0.3 is 0 Å². The zero-order valence-corrected chi connectivity index (χ0v) is 11.6. The van der Waals surface area contributed by atoms with Crippen molar-refractivity contribution in [2.45, 2.75) is 65.3 Å². The summed E-state index contributed by atoms with van der Waals surface area (Å²) in [7, 11) is 0. The fourth-order valence-corrected chi connectivity index (χ4v) is 2.33. The summed E-state index contributed by atoms with van der Waals surface area (Å²) in [6, 6.07) is 0.500. The van der Waals surface area contributed by atoms with Crippen molar-refractivity contribution in [3.8, 4) is 0 Å². The largest absolute Gasteiger partial charge is 0.358 e. The lowest BCUT2D eigenvalue weighted by Crippen LogP contribution is -2.14. The fourth-order valence-electron chi connectivity index (χ4n) is 1.51. The highest BCUT2D eigenvalue weighted by Gasteiger charge is 2.09. The second kappa shape index (κ2) is 6.84. The highest BCUT2D eigenvalue weighted by atomic mass is 32.1. The van der Waals surface area contributed by atoms with Gasteiger partial charge in [-0.05, 0) is 13.3 Å². The smallest absolute Gasteiger partial charge is 0.202 e. The van der Waals surface area contributed by atoms with E-state index in [1.807, 2.05) is 0 Å². The Kier molecular flexibility index (Phi) is 5.74. The first-order valence-corrected chi connectivity index (χ1v) is 7.01. The summed E-state index contributed by atoms with van der Waals surface area (Å²) in [6.07, 6.45) is 5.10. The van der Waals surface area contributed by atoms with Crippen LogP contribution in [0.3, 0.4) is 0 Å².